The van der Waals surface area contributed by atoms with Gasteiger partial charge in [0, 0.05) is 26.3 Å². The molecule has 0 amide bonds. The maximum absolute atomic E-state index is 5.48. The zero-order chi connectivity index (χ0) is 13.6. The maximum Gasteiger partial charge on any atom is 0.0701 e. The summed E-state index contributed by atoms with van der Waals surface area (Å²) in [5.74, 6) is 0. The first-order valence-corrected chi connectivity index (χ1v) is 7.59. The van der Waals surface area contributed by atoms with Crippen LogP contribution in [0.3, 0.4) is 0 Å². The third kappa shape index (κ3) is 12.6. The zero-order valence-electron chi connectivity index (χ0n) is 12.4. The molecule has 5 heteroatoms. The number of nitrogens with one attached hydrogen (secondary N) is 1. The molecule has 1 saturated heterocycles. The Morgan fingerprint density at radius 2 is 1.47 bits per heavy atom. The highest BCUT2D eigenvalue weighted by Crippen LogP contribution is 2.02. The molecule has 0 bridgehead atoms. The summed E-state index contributed by atoms with van der Waals surface area (Å²) >= 11 is 0. The molecule has 1 rings (SSSR count). The highest BCUT2D eigenvalue weighted by Gasteiger charge is 2.14. The van der Waals surface area contributed by atoms with Gasteiger partial charge in [0.15, 0.2) is 0 Å². The van der Waals surface area contributed by atoms with E-state index in [0.29, 0.717) is 26.4 Å². The summed E-state index contributed by atoms with van der Waals surface area (Å²) in [6, 6.07) is 0. The molecule has 0 atom stereocenters. The molecule has 1 aliphatic rings. The molecule has 1 aliphatic heterocycles. The average Bonchev–Trinajstić information content (AvgIpc) is 3.23. The van der Waals surface area contributed by atoms with Crippen molar-refractivity contribution in [2.24, 2.45) is 0 Å². The second-order valence-electron chi connectivity index (χ2n) is 4.72. The lowest BCUT2D eigenvalue weighted by Crippen LogP contribution is -2.20. The van der Waals surface area contributed by atoms with Gasteiger partial charge in [-0.1, -0.05) is 0 Å². The standard InChI is InChI=1S/C14H30N2O3/c1-2-17-11-12-19-14-13-18-10-4-6-15-5-3-7-16-8-9-16/h15H,2-14H2,1H3. The van der Waals surface area contributed by atoms with Crippen molar-refractivity contribution < 1.29 is 14.2 Å². The largest absolute Gasteiger partial charge is 0.379 e. The van der Waals surface area contributed by atoms with Crippen molar-refractivity contribution in [3.8, 4) is 0 Å². The Morgan fingerprint density at radius 3 is 2.16 bits per heavy atom. The molecule has 1 fully saturated rings. The first-order chi connectivity index (χ1) is 9.43. The third-order valence-corrected chi connectivity index (χ3v) is 2.96. The van der Waals surface area contributed by atoms with Crippen LogP contribution in [0.2, 0.25) is 0 Å². The van der Waals surface area contributed by atoms with E-state index in [9.17, 15) is 0 Å². The lowest BCUT2D eigenvalue weighted by atomic mass is 10.4. The van der Waals surface area contributed by atoms with Crippen LogP contribution in [-0.4, -0.2) is 77.3 Å². The number of ether oxygens (including phenoxy) is 3. The van der Waals surface area contributed by atoms with Crippen molar-refractivity contribution >= 4 is 0 Å². The number of nitrogens with zero attached hydrogens (tertiary/aromatic N) is 1. The molecule has 0 aliphatic carbocycles. The summed E-state index contributed by atoms with van der Waals surface area (Å²) in [7, 11) is 0. The molecule has 0 spiro atoms. The van der Waals surface area contributed by atoms with Crippen molar-refractivity contribution in [3.63, 3.8) is 0 Å². The fourth-order valence-electron chi connectivity index (χ4n) is 1.73. The van der Waals surface area contributed by atoms with E-state index in [-0.39, 0.29) is 0 Å². The van der Waals surface area contributed by atoms with Crippen LogP contribution in [0, 0.1) is 0 Å². The summed E-state index contributed by atoms with van der Waals surface area (Å²) in [4.78, 5) is 2.45. The molecule has 19 heavy (non-hydrogen) atoms. The molecular formula is C14H30N2O3. The van der Waals surface area contributed by atoms with Crippen molar-refractivity contribution in [1.82, 2.24) is 10.2 Å². The van der Waals surface area contributed by atoms with Crippen LogP contribution >= 0.6 is 0 Å². The first kappa shape index (κ1) is 16.9. The van der Waals surface area contributed by atoms with Gasteiger partial charge in [0.1, 0.15) is 0 Å². The van der Waals surface area contributed by atoms with Gasteiger partial charge in [-0.15, -0.1) is 0 Å². The van der Waals surface area contributed by atoms with Gasteiger partial charge in [-0.2, -0.15) is 0 Å². The first-order valence-electron chi connectivity index (χ1n) is 7.59. The monoisotopic (exact) mass is 274 g/mol. The lowest BCUT2D eigenvalue weighted by Gasteiger charge is -2.07. The smallest absolute Gasteiger partial charge is 0.0701 e. The van der Waals surface area contributed by atoms with Crippen LogP contribution in [0.15, 0.2) is 0 Å². The van der Waals surface area contributed by atoms with Gasteiger partial charge in [-0.05, 0) is 39.4 Å². The molecule has 0 radical (unpaired) electrons. The minimum Gasteiger partial charge on any atom is -0.379 e. The summed E-state index contributed by atoms with van der Waals surface area (Å²) < 4.78 is 16.0. The highest BCUT2D eigenvalue weighted by molar-refractivity contribution is 4.71. The zero-order valence-corrected chi connectivity index (χ0v) is 12.4. The van der Waals surface area contributed by atoms with Crippen molar-refractivity contribution in [3.05, 3.63) is 0 Å². The summed E-state index contributed by atoms with van der Waals surface area (Å²) in [6.07, 6.45) is 2.33. The van der Waals surface area contributed by atoms with Gasteiger partial charge in [-0.3, -0.25) is 0 Å². The topological polar surface area (TPSA) is 42.7 Å². The van der Waals surface area contributed by atoms with Crippen molar-refractivity contribution in [1.29, 1.82) is 0 Å². The van der Waals surface area contributed by atoms with Gasteiger partial charge in [0.05, 0.1) is 26.4 Å². The Labute approximate surface area is 117 Å². The van der Waals surface area contributed by atoms with Crippen molar-refractivity contribution in [2.45, 2.75) is 19.8 Å². The molecule has 114 valence electrons. The fourth-order valence-corrected chi connectivity index (χ4v) is 1.73. The minimum atomic E-state index is 0.662. The van der Waals surface area contributed by atoms with E-state index < -0.39 is 0 Å². The molecule has 0 aromatic carbocycles. The number of rotatable bonds is 15. The van der Waals surface area contributed by atoms with Crippen LogP contribution in [0.1, 0.15) is 19.8 Å². The molecule has 0 unspecified atom stereocenters. The Balaban J connectivity index is 1.60. The van der Waals surface area contributed by atoms with E-state index in [1.54, 1.807) is 0 Å². The van der Waals surface area contributed by atoms with E-state index in [2.05, 4.69) is 10.2 Å². The maximum atomic E-state index is 5.48. The van der Waals surface area contributed by atoms with E-state index in [0.717, 1.165) is 32.7 Å². The summed E-state index contributed by atoms with van der Waals surface area (Å²) in [5, 5.41) is 3.44. The fraction of sp³-hybridized carbons (Fsp3) is 1.00. The lowest BCUT2D eigenvalue weighted by molar-refractivity contribution is 0.0166. The number of hydrogen-bond donors (Lipinski definition) is 1. The van der Waals surface area contributed by atoms with E-state index in [4.69, 9.17) is 14.2 Å². The highest BCUT2D eigenvalue weighted by atomic mass is 16.5. The molecule has 1 N–H and O–H groups in total. The predicted molar refractivity (Wildman–Crippen MR) is 76.7 cm³/mol. The summed E-state index contributed by atoms with van der Waals surface area (Å²) in [6.45, 7) is 12.3. The Bertz CT molecular complexity index is 190. The van der Waals surface area contributed by atoms with E-state index in [1.165, 1.54) is 26.1 Å². The molecule has 0 aromatic rings. The third-order valence-electron chi connectivity index (χ3n) is 2.96. The van der Waals surface area contributed by atoms with Crippen LogP contribution in [0.5, 0.6) is 0 Å². The van der Waals surface area contributed by atoms with Gasteiger partial charge in [0.25, 0.3) is 0 Å². The Kier molecular flexibility index (Phi) is 11.4. The quantitative estimate of drug-likeness (QED) is 0.352. The van der Waals surface area contributed by atoms with Crippen LogP contribution in [0.4, 0.5) is 0 Å². The van der Waals surface area contributed by atoms with Crippen LogP contribution in [-0.2, 0) is 14.2 Å². The molecular weight excluding hydrogens is 244 g/mol. The summed E-state index contributed by atoms with van der Waals surface area (Å²) in [5.41, 5.74) is 0. The van der Waals surface area contributed by atoms with Gasteiger partial charge >= 0.3 is 0 Å². The van der Waals surface area contributed by atoms with Gasteiger partial charge < -0.3 is 24.4 Å². The SMILES string of the molecule is CCOCCOCCOCCCNCCCN1CC1. The van der Waals surface area contributed by atoms with Crippen LogP contribution in [0.25, 0.3) is 0 Å². The van der Waals surface area contributed by atoms with E-state index in [1.807, 2.05) is 6.92 Å². The second-order valence-corrected chi connectivity index (χ2v) is 4.72. The van der Waals surface area contributed by atoms with Crippen molar-refractivity contribution in [2.75, 3.05) is 72.4 Å². The van der Waals surface area contributed by atoms with E-state index >= 15 is 0 Å². The predicted octanol–water partition coefficient (Wildman–Crippen LogP) is 0.742. The normalized spacial score (nSPS) is 15.0. The van der Waals surface area contributed by atoms with Crippen LogP contribution < -0.4 is 5.32 Å². The Hall–Kier alpha value is -0.200. The van der Waals surface area contributed by atoms with Gasteiger partial charge in [-0.25, -0.2) is 0 Å². The Morgan fingerprint density at radius 1 is 0.842 bits per heavy atom. The number of hydrogen-bond acceptors (Lipinski definition) is 5. The molecule has 1 heterocycles. The van der Waals surface area contributed by atoms with Gasteiger partial charge in [0.2, 0.25) is 0 Å². The molecule has 0 aromatic heterocycles. The average molecular weight is 274 g/mol. The minimum absolute atomic E-state index is 0.662. The molecule has 5 nitrogen and oxygen atoms in total. The molecule has 0 saturated carbocycles. The second kappa shape index (κ2) is 12.8.